The summed E-state index contributed by atoms with van der Waals surface area (Å²) in [6, 6.07) is 0. The van der Waals surface area contributed by atoms with Crippen molar-refractivity contribution in [3.05, 3.63) is 10.7 Å². The van der Waals surface area contributed by atoms with Gasteiger partial charge in [0.1, 0.15) is 10.6 Å². The molecule has 0 aromatic carbocycles. The van der Waals surface area contributed by atoms with Crippen molar-refractivity contribution in [1.29, 1.82) is 0 Å². The van der Waals surface area contributed by atoms with Gasteiger partial charge in [-0.3, -0.25) is 5.32 Å². The Labute approximate surface area is 115 Å². The van der Waals surface area contributed by atoms with E-state index >= 15 is 0 Å². The fourth-order valence-electron chi connectivity index (χ4n) is 1.21. The van der Waals surface area contributed by atoms with E-state index in [0.29, 0.717) is 5.01 Å². The molecular formula is C12H18N2O4S. The van der Waals surface area contributed by atoms with Crippen molar-refractivity contribution < 1.29 is 19.4 Å². The predicted octanol–water partition coefficient (Wildman–Crippen LogP) is 3.31. The molecule has 19 heavy (non-hydrogen) atoms. The van der Waals surface area contributed by atoms with Gasteiger partial charge in [0.15, 0.2) is 5.69 Å². The average molecular weight is 286 g/mol. The van der Waals surface area contributed by atoms with E-state index in [0.717, 1.165) is 11.3 Å². The fourth-order valence-corrected chi connectivity index (χ4v) is 2.16. The van der Waals surface area contributed by atoms with Crippen LogP contribution in [0.2, 0.25) is 0 Å². The number of thiazole rings is 1. The van der Waals surface area contributed by atoms with E-state index in [1.54, 1.807) is 20.8 Å². The first kappa shape index (κ1) is 15.4. The molecule has 1 aromatic heterocycles. The van der Waals surface area contributed by atoms with Gasteiger partial charge in [0.2, 0.25) is 0 Å². The van der Waals surface area contributed by atoms with Crippen LogP contribution in [-0.2, 0) is 4.74 Å². The molecule has 106 valence electrons. The summed E-state index contributed by atoms with van der Waals surface area (Å²) in [5.74, 6) is -1.08. The summed E-state index contributed by atoms with van der Waals surface area (Å²) in [7, 11) is 0. The Morgan fingerprint density at radius 3 is 2.37 bits per heavy atom. The Hall–Kier alpha value is -1.63. The number of aromatic nitrogens is 1. The number of nitrogens with one attached hydrogen (secondary N) is 1. The molecule has 0 saturated heterocycles. The smallest absolute Gasteiger partial charge is 0.412 e. The minimum absolute atomic E-state index is 0.0947. The van der Waals surface area contributed by atoms with Crippen molar-refractivity contribution in [2.24, 2.45) is 0 Å². The van der Waals surface area contributed by atoms with Crippen LogP contribution in [0.3, 0.4) is 0 Å². The number of hydrogen-bond donors (Lipinski definition) is 2. The van der Waals surface area contributed by atoms with Crippen LogP contribution < -0.4 is 5.32 Å². The first-order valence-electron chi connectivity index (χ1n) is 5.84. The van der Waals surface area contributed by atoms with E-state index in [4.69, 9.17) is 9.84 Å². The van der Waals surface area contributed by atoms with E-state index in [9.17, 15) is 9.59 Å². The summed E-state index contributed by atoms with van der Waals surface area (Å²) in [5.41, 5.74) is -0.793. The van der Waals surface area contributed by atoms with Crippen molar-refractivity contribution >= 4 is 28.4 Å². The molecule has 0 spiro atoms. The van der Waals surface area contributed by atoms with Gasteiger partial charge in [-0.1, -0.05) is 13.8 Å². The fraction of sp³-hybridized carbons (Fsp3) is 0.583. The van der Waals surface area contributed by atoms with E-state index in [1.807, 2.05) is 13.8 Å². The van der Waals surface area contributed by atoms with Gasteiger partial charge in [0, 0.05) is 5.92 Å². The van der Waals surface area contributed by atoms with Gasteiger partial charge in [-0.25, -0.2) is 14.6 Å². The minimum atomic E-state index is -1.17. The highest BCUT2D eigenvalue weighted by molar-refractivity contribution is 7.16. The number of hydrogen-bond acceptors (Lipinski definition) is 5. The van der Waals surface area contributed by atoms with Crippen LogP contribution >= 0.6 is 11.3 Å². The van der Waals surface area contributed by atoms with E-state index in [1.165, 1.54) is 0 Å². The number of carboxylic acids is 1. The zero-order valence-corrected chi connectivity index (χ0v) is 12.4. The molecule has 1 rings (SSSR count). The summed E-state index contributed by atoms with van der Waals surface area (Å²) < 4.78 is 5.08. The summed E-state index contributed by atoms with van der Waals surface area (Å²) >= 11 is 1.15. The van der Waals surface area contributed by atoms with Gasteiger partial charge in [0.05, 0.1) is 5.01 Å². The third-order valence-corrected chi connectivity index (χ3v) is 3.23. The Morgan fingerprint density at radius 2 is 1.95 bits per heavy atom. The molecule has 0 bridgehead atoms. The molecule has 6 nitrogen and oxygen atoms in total. The lowest BCUT2D eigenvalue weighted by atomic mass is 10.2. The Kier molecular flexibility index (Phi) is 4.52. The number of aromatic carboxylic acids is 1. The summed E-state index contributed by atoms with van der Waals surface area (Å²) in [6.45, 7) is 9.01. The standard InChI is InChI=1S/C12H18N2O4S/c1-6(2)8-13-7(10(15)16)9(19-8)14-11(17)18-12(3,4)5/h6H,1-5H3,(H,14,17)(H,15,16). The second kappa shape index (κ2) is 5.56. The number of carboxylic acid groups (broad SMARTS) is 1. The highest BCUT2D eigenvalue weighted by atomic mass is 32.1. The summed E-state index contributed by atoms with van der Waals surface area (Å²) in [6.07, 6.45) is -0.686. The highest BCUT2D eigenvalue weighted by Crippen LogP contribution is 2.29. The van der Waals surface area contributed by atoms with Crippen molar-refractivity contribution in [3.8, 4) is 0 Å². The second-order valence-corrected chi connectivity index (χ2v) is 6.35. The minimum Gasteiger partial charge on any atom is -0.476 e. The molecular weight excluding hydrogens is 268 g/mol. The van der Waals surface area contributed by atoms with E-state index in [2.05, 4.69) is 10.3 Å². The SMILES string of the molecule is CC(C)c1nc(C(=O)O)c(NC(=O)OC(C)(C)C)s1. The maximum absolute atomic E-state index is 11.6. The molecule has 0 aliphatic rings. The molecule has 0 radical (unpaired) electrons. The van der Waals surface area contributed by atoms with Gasteiger partial charge in [-0.15, -0.1) is 11.3 Å². The lowest BCUT2D eigenvalue weighted by Crippen LogP contribution is -2.27. The Bertz CT molecular complexity index is 488. The third-order valence-electron chi connectivity index (χ3n) is 1.95. The monoisotopic (exact) mass is 286 g/mol. The summed E-state index contributed by atoms with van der Waals surface area (Å²) in [5, 5.41) is 12.4. The molecule has 0 atom stereocenters. The third kappa shape index (κ3) is 4.51. The molecule has 0 aliphatic carbocycles. The van der Waals surface area contributed by atoms with E-state index in [-0.39, 0.29) is 16.6 Å². The molecule has 0 aliphatic heterocycles. The van der Waals surface area contributed by atoms with Crippen LogP contribution in [0.1, 0.15) is 56.0 Å². The highest BCUT2D eigenvalue weighted by Gasteiger charge is 2.23. The quantitative estimate of drug-likeness (QED) is 0.889. The van der Waals surface area contributed by atoms with Crippen LogP contribution in [-0.4, -0.2) is 27.8 Å². The number of anilines is 1. The van der Waals surface area contributed by atoms with Crippen molar-refractivity contribution in [2.45, 2.75) is 46.1 Å². The van der Waals surface area contributed by atoms with Gasteiger partial charge >= 0.3 is 12.1 Å². The molecule has 2 N–H and O–H groups in total. The normalized spacial score (nSPS) is 11.5. The predicted molar refractivity (Wildman–Crippen MR) is 73.0 cm³/mol. The number of rotatable bonds is 3. The lowest BCUT2D eigenvalue weighted by Gasteiger charge is -2.19. The first-order chi connectivity index (χ1) is 8.60. The molecule has 7 heteroatoms. The van der Waals surface area contributed by atoms with Gasteiger partial charge < -0.3 is 9.84 Å². The number of ether oxygens (including phenoxy) is 1. The molecule has 1 heterocycles. The van der Waals surface area contributed by atoms with Gasteiger partial charge in [0.25, 0.3) is 0 Å². The zero-order chi connectivity index (χ0) is 14.8. The van der Waals surface area contributed by atoms with Crippen LogP contribution in [0.4, 0.5) is 9.80 Å². The Balaban J connectivity index is 2.93. The zero-order valence-electron chi connectivity index (χ0n) is 11.6. The number of carbonyl (C=O) groups is 2. The van der Waals surface area contributed by atoms with Crippen LogP contribution in [0.5, 0.6) is 0 Å². The van der Waals surface area contributed by atoms with Crippen molar-refractivity contribution in [2.75, 3.05) is 5.32 Å². The van der Waals surface area contributed by atoms with Gasteiger partial charge in [-0.05, 0) is 20.8 Å². The van der Waals surface area contributed by atoms with Crippen LogP contribution in [0, 0.1) is 0 Å². The Morgan fingerprint density at radius 1 is 1.37 bits per heavy atom. The second-order valence-electron chi connectivity index (χ2n) is 5.32. The average Bonchev–Trinajstić information content (AvgIpc) is 2.58. The molecule has 0 unspecified atom stereocenters. The number of nitrogens with zero attached hydrogens (tertiary/aromatic N) is 1. The first-order valence-corrected chi connectivity index (χ1v) is 6.66. The molecule has 0 saturated carbocycles. The molecule has 0 fully saturated rings. The van der Waals surface area contributed by atoms with Crippen molar-refractivity contribution in [1.82, 2.24) is 4.98 Å². The summed E-state index contributed by atoms with van der Waals surface area (Å²) in [4.78, 5) is 26.7. The lowest BCUT2D eigenvalue weighted by molar-refractivity contribution is 0.0636. The maximum Gasteiger partial charge on any atom is 0.412 e. The number of carbonyl (C=O) groups excluding carboxylic acids is 1. The van der Waals surface area contributed by atoms with Crippen LogP contribution in [0.15, 0.2) is 0 Å². The number of amides is 1. The molecule has 1 aromatic rings. The van der Waals surface area contributed by atoms with Crippen molar-refractivity contribution in [3.63, 3.8) is 0 Å². The molecule has 1 amide bonds. The largest absolute Gasteiger partial charge is 0.476 e. The van der Waals surface area contributed by atoms with Crippen LogP contribution in [0.25, 0.3) is 0 Å². The van der Waals surface area contributed by atoms with E-state index < -0.39 is 17.7 Å². The maximum atomic E-state index is 11.6. The topological polar surface area (TPSA) is 88.5 Å². The van der Waals surface area contributed by atoms with Gasteiger partial charge in [-0.2, -0.15) is 0 Å².